The highest BCUT2D eigenvalue weighted by atomic mass is 16.6. The van der Waals surface area contributed by atoms with E-state index in [0.717, 1.165) is 0 Å². The minimum atomic E-state index is -0.519. The smallest absolute Gasteiger partial charge is 0.302 e. The van der Waals surface area contributed by atoms with E-state index in [-0.39, 0.29) is 17.0 Å². The number of carbonyl (C=O) groups excluding carboxylic acids is 1. The Labute approximate surface area is 69.9 Å². The first-order valence-electron chi connectivity index (χ1n) is 3.90. The second kappa shape index (κ2) is 3.51. The van der Waals surface area contributed by atoms with Crippen LogP contribution in [0, 0.1) is 10.1 Å². The number of carbonyl (C=O) groups is 1. The molecule has 68 valence electrons. The zero-order chi connectivity index (χ0) is 9.14. The summed E-state index contributed by atoms with van der Waals surface area (Å²) in [6, 6.07) is -0.519. The number of rotatable bonds is 2. The molecule has 1 aliphatic rings. The maximum atomic E-state index is 10.5. The molecule has 0 aromatic rings. The average molecular weight is 173 g/mol. The normalized spacial score (nSPS) is 28.4. The van der Waals surface area contributed by atoms with E-state index in [4.69, 9.17) is 4.74 Å². The quantitative estimate of drug-likeness (QED) is 0.351. The number of hydrogen-bond donors (Lipinski definition) is 0. The van der Waals surface area contributed by atoms with Gasteiger partial charge in [0.2, 0.25) is 6.04 Å². The van der Waals surface area contributed by atoms with Crippen molar-refractivity contribution in [2.24, 2.45) is 0 Å². The van der Waals surface area contributed by atoms with Crippen LogP contribution in [0.15, 0.2) is 0 Å². The minimum absolute atomic E-state index is 0.238. The molecule has 5 nitrogen and oxygen atoms in total. The van der Waals surface area contributed by atoms with E-state index in [1.54, 1.807) is 0 Å². The van der Waals surface area contributed by atoms with Gasteiger partial charge in [-0.2, -0.15) is 0 Å². The minimum Gasteiger partial charge on any atom is -0.462 e. The van der Waals surface area contributed by atoms with E-state index < -0.39 is 6.04 Å². The van der Waals surface area contributed by atoms with Crippen LogP contribution in [-0.4, -0.2) is 23.0 Å². The van der Waals surface area contributed by atoms with E-state index in [1.165, 1.54) is 6.92 Å². The molecule has 1 saturated carbocycles. The Hall–Kier alpha value is -1.13. The van der Waals surface area contributed by atoms with Crippen LogP contribution in [0.1, 0.15) is 26.2 Å². The molecule has 0 bridgehead atoms. The van der Waals surface area contributed by atoms with Crippen molar-refractivity contribution in [3.63, 3.8) is 0 Å². The molecular formula is C7H11NO4. The zero-order valence-corrected chi connectivity index (χ0v) is 6.86. The standard InChI is InChI=1S/C7H11NO4/c1-5(9)12-7-3-2-6(4-7)8(10)11/h6-7H,2-4H2,1H3/t6-,7+/m1/s1. The van der Waals surface area contributed by atoms with Gasteiger partial charge in [0.05, 0.1) is 6.42 Å². The van der Waals surface area contributed by atoms with Crippen LogP contribution in [-0.2, 0) is 9.53 Å². The number of hydrogen-bond acceptors (Lipinski definition) is 4. The van der Waals surface area contributed by atoms with Crippen LogP contribution in [0.3, 0.4) is 0 Å². The highest BCUT2D eigenvalue weighted by Gasteiger charge is 2.34. The third kappa shape index (κ3) is 2.18. The summed E-state index contributed by atoms with van der Waals surface area (Å²) in [5.74, 6) is -0.357. The lowest BCUT2D eigenvalue weighted by atomic mass is 10.3. The molecule has 0 amide bonds. The first-order chi connectivity index (χ1) is 5.59. The molecule has 2 atom stereocenters. The Morgan fingerprint density at radius 2 is 2.25 bits per heavy atom. The molecule has 1 rings (SSSR count). The third-order valence-electron chi connectivity index (χ3n) is 1.99. The molecule has 0 aromatic carbocycles. The van der Waals surface area contributed by atoms with Gasteiger partial charge in [-0.05, 0) is 6.42 Å². The Bertz CT molecular complexity index is 204. The molecule has 0 saturated heterocycles. The first kappa shape index (κ1) is 8.96. The largest absolute Gasteiger partial charge is 0.462 e. The summed E-state index contributed by atoms with van der Waals surface area (Å²) < 4.78 is 4.85. The van der Waals surface area contributed by atoms with E-state index in [0.29, 0.717) is 19.3 Å². The van der Waals surface area contributed by atoms with Gasteiger partial charge in [0.15, 0.2) is 0 Å². The molecule has 12 heavy (non-hydrogen) atoms. The van der Waals surface area contributed by atoms with Crippen LogP contribution in [0.2, 0.25) is 0 Å². The summed E-state index contributed by atoms with van der Waals surface area (Å²) >= 11 is 0. The number of ether oxygens (including phenoxy) is 1. The fourth-order valence-electron chi connectivity index (χ4n) is 1.45. The van der Waals surface area contributed by atoms with Crippen molar-refractivity contribution < 1.29 is 14.5 Å². The fraction of sp³-hybridized carbons (Fsp3) is 0.857. The van der Waals surface area contributed by atoms with Crippen LogP contribution in [0.5, 0.6) is 0 Å². The molecule has 0 unspecified atom stereocenters. The zero-order valence-electron chi connectivity index (χ0n) is 6.86. The maximum absolute atomic E-state index is 10.5. The summed E-state index contributed by atoms with van der Waals surface area (Å²) in [7, 11) is 0. The van der Waals surface area contributed by atoms with Gasteiger partial charge in [0.1, 0.15) is 6.10 Å². The Kier molecular flexibility index (Phi) is 2.62. The second-order valence-corrected chi connectivity index (χ2v) is 2.98. The molecular weight excluding hydrogens is 162 g/mol. The Morgan fingerprint density at radius 1 is 1.58 bits per heavy atom. The number of nitro groups is 1. The predicted molar refractivity (Wildman–Crippen MR) is 40.2 cm³/mol. The van der Waals surface area contributed by atoms with Crippen molar-refractivity contribution in [2.45, 2.75) is 38.3 Å². The highest BCUT2D eigenvalue weighted by molar-refractivity contribution is 5.66. The van der Waals surface area contributed by atoms with E-state index in [9.17, 15) is 14.9 Å². The first-order valence-corrected chi connectivity index (χ1v) is 3.90. The van der Waals surface area contributed by atoms with Gasteiger partial charge in [0, 0.05) is 18.3 Å². The summed E-state index contributed by atoms with van der Waals surface area (Å²) in [5.41, 5.74) is 0. The SMILES string of the molecule is CC(=O)O[C@H]1CC[C@@H]([N+](=O)[O-])C1. The topological polar surface area (TPSA) is 69.4 Å². The maximum Gasteiger partial charge on any atom is 0.302 e. The van der Waals surface area contributed by atoms with Crippen LogP contribution >= 0.6 is 0 Å². The summed E-state index contributed by atoms with van der Waals surface area (Å²) in [5, 5.41) is 10.3. The number of esters is 1. The third-order valence-corrected chi connectivity index (χ3v) is 1.99. The van der Waals surface area contributed by atoms with E-state index in [1.807, 2.05) is 0 Å². The fourth-order valence-corrected chi connectivity index (χ4v) is 1.45. The monoisotopic (exact) mass is 173 g/mol. The molecule has 0 spiro atoms. The van der Waals surface area contributed by atoms with Crippen LogP contribution in [0.4, 0.5) is 0 Å². The van der Waals surface area contributed by atoms with E-state index in [2.05, 4.69) is 0 Å². The summed E-state index contributed by atoms with van der Waals surface area (Å²) in [6.07, 6.45) is 1.26. The van der Waals surface area contributed by atoms with Crippen LogP contribution in [0.25, 0.3) is 0 Å². The lowest BCUT2D eigenvalue weighted by Gasteiger charge is -2.07. The van der Waals surface area contributed by atoms with Crippen molar-refractivity contribution in [3.8, 4) is 0 Å². The molecule has 0 aliphatic heterocycles. The van der Waals surface area contributed by atoms with Crippen molar-refractivity contribution in [2.75, 3.05) is 0 Å². The van der Waals surface area contributed by atoms with Crippen LogP contribution < -0.4 is 0 Å². The van der Waals surface area contributed by atoms with Crippen molar-refractivity contribution in [3.05, 3.63) is 10.1 Å². The Morgan fingerprint density at radius 3 is 2.67 bits per heavy atom. The van der Waals surface area contributed by atoms with Gasteiger partial charge < -0.3 is 4.74 Å². The molecule has 1 fully saturated rings. The number of nitrogens with zero attached hydrogens (tertiary/aromatic N) is 1. The molecule has 0 N–H and O–H groups in total. The molecule has 1 aliphatic carbocycles. The van der Waals surface area contributed by atoms with Gasteiger partial charge in [-0.1, -0.05) is 0 Å². The van der Waals surface area contributed by atoms with E-state index >= 15 is 0 Å². The lowest BCUT2D eigenvalue weighted by molar-refractivity contribution is -0.521. The highest BCUT2D eigenvalue weighted by Crippen LogP contribution is 2.23. The second-order valence-electron chi connectivity index (χ2n) is 2.98. The molecule has 0 heterocycles. The predicted octanol–water partition coefficient (Wildman–Crippen LogP) is 0.747. The van der Waals surface area contributed by atoms with Crippen molar-refractivity contribution in [1.82, 2.24) is 0 Å². The molecule has 0 radical (unpaired) electrons. The van der Waals surface area contributed by atoms with Gasteiger partial charge in [0.25, 0.3) is 0 Å². The average Bonchev–Trinajstić information content (AvgIpc) is 2.34. The van der Waals surface area contributed by atoms with Gasteiger partial charge in [-0.3, -0.25) is 14.9 Å². The van der Waals surface area contributed by atoms with Crippen molar-refractivity contribution >= 4 is 5.97 Å². The summed E-state index contributed by atoms with van der Waals surface area (Å²) in [6.45, 7) is 1.32. The van der Waals surface area contributed by atoms with Crippen molar-refractivity contribution in [1.29, 1.82) is 0 Å². The molecule has 0 aromatic heterocycles. The van der Waals surface area contributed by atoms with Gasteiger partial charge in [-0.25, -0.2) is 0 Å². The summed E-state index contributed by atoms with van der Waals surface area (Å²) in [4.78, 5) is 20.5. The molecule has 5 heteroatoms. The Balaban J connectivity index is 2.35. The van der Waals surface area contributed by atoms with Gasteiger partial charge >= 0.3 is 5.97 Å². The van der Waals surface area contributed by atoms with Gasteiger partial charge in [-0.15, -0.1) is 0 Å². The lowest BCUT2D eigenvalue weighted by Crippen LogP contribution is -2.18.